The van der Waals surface area contributed by atoms with Gasteiger partial charge in [0.15, 0.2) is 0 Å². The van der Waals surface area contributed by atoms with Crippen LogP contribution in [0.25, 0.3) is 22.4 Å². The van der Waals surface area contributed by atoms with E-state index in [9.17, 15) is 23.1 Å². The second kappa shape index (κ2) is 16.7. The van der Waals surface area contributed by atoms with E-state index in [2.05, 4.69) is 25.9 Å². The minimum atomic E-state index is -4.74. The summed E-state index contributed by atoms with van der Waals surface area (Å²) < 4.78 is 60.4. The Morgan fingerprint density at radius 3 is 2.53 bits per heavy atom. The number of fused-ring (bicyclic) bond motifs is 1. The highest BCUT2D eigenvalue weighted by atomic mass is 35.5. The predicted molar refractivity (Wildman–Crippen MR) is 195 cm³/mol. The fourth-order valence-electron chi connectivity index (χ4n) is 6.95. The lowest BCUT2D eigenvalue weighted by molar-refractivity contribution is -0.139. The van der Waals surface area contributed by atoms with Gasteiger partial charge < -0.3 is 35.3 Å². The van der Waals surface area contributed by atoms with Crippen LogP contribution in [-0.2, 0) is 30.5 Å². The summed E-state index contributed by atoms with van der Waals surface area (Å²) in [6.45, 7) is 2.99. The monoisotopic (exact) mass is 753 g/mol. The van der Waals surface area contributed by atoms with E-state index in [0.29, 0.717) is 55.2 Å². The molecule has 4 aromatic rings. The Balaban J connectivity index is 1.27. The van der Waals surface area contributed by atoms with E-state index in [-0.39, 0.29) is 36.5 Å². The molecule has 3 atom stereocenters. The Kier molecular flexibility index (Phi) is 12.1. The lowest BCUT2D eigenvalue weighted by Crippen LogP contribution is -2.35. The third kappa shape index (κ3) is 8.86. The number of hydrogen-bond donors (Lipinski definition) is 4. The molecule has 0 saturated carbocycles. The van der Waals surface area contributed by atoms with Gasteiger partial charge in [-0.25, -0.2) is 0 Å². The Labute approximate surface area is 311 Å². The smallest absolute Gasteiger partial charge is 0.421 e. The molecule has 1 saturated heterocycles. The second-order valence-corrected chi connectivity index (χ2v) is 13.7. The first-order valence-electron chi connectivity index (χ1n) is 17.6. The molecule has 1 aliphatic carbocycles. The summed E-state index contributed by atoms with van der Waals surface area (Å²) in [5.74, 6) is 0.192. The first-order chi connectivity index (χ1) is 25.5. The highest BCUT2D eigenvalue weighted by Crippen LogP contribution is 2.45. The van der Waals surface area contributed by atoms with E-state index in [1.54, 1.807) is 20.2 Å². The van der Waals surface area contributed by atoms with E-state index in [4.69, 9.17) is 25.8 Å². The van der Waals surface area contributed by atoms with E-state index >= 15 is 0 Å². The first kappa shape index (κ1) is 38.3. The maximum Gasteiger partial charge on any atom is 0.421 e. The molecule has 14 heteroatoms. The molecular weight excluding hydrogens is 711 g/mol. The molecule has 2 aromatic carbocycles. The topological polar surface area (TPSA) is 127 Å². The highest BCUT2D eigenvalue weighted by molar-refractivity contribution is 6.35. The van der Waals surface area contributed by atoms with E-state index in [1.165, 1.54) is 7.11 Å². The number of carbonyl (C=O) groups is 1. The summed E-state index contributed by atoms with van der Waals surface area (Å²) >= 11 is 7.11. The van der Waals surface area contributed by atoms with Gasteiger partial charge in [0.2, 0.25) is 17.7 Å². The van der Waals surface area contributed by atoms with Crippen molar-refractivity contribution in [1.82, 2.24) is 25.9 Å². The van der Waals surface area contributed by atoms with Gasteiger partial charge in [0, 0.05) is 67.1 Å². The quantitative estimate of drug-likeness (QED) is 0.110. The van der Waals surface area contributed by atoms with Gasteiger partial charge in [-0.2, -0.15) is 18.2 Å². The number of rotatable bonds is 14. The van der Waals surface area contributed by atoms with Crippen LogP contribution in [0, 0.1) is 0 Å². The number of halogens is 4. The number of pyridine rings is 2. The Hall–Kier alpha value is -4.43. The lowest BCUT2D eigenvalue weighted by atomic mass is 9.84. The molecule has 0 bridgehead atoms. The zero-order chi connectivity index (χ0) is 37.7. The first-order valence-corrected chi connectivity index (χ1v) is 18.0. The van der Waals surface area contributed by atoms with Crippen LogP contribution in [0.5, 0.6) is 17.5 Å². The van der Waals surface area contributed by atoms with Crippen LogP contribution < -0.4 is 30.2 Å². The third-order valence-electron chi connectivity index (χ3n) is 9.52. The van der Waals surface area contributed by atoms with Gasteiger partial charge in [0.1, 0.15) is 17.4 Å². The molecular formula is C39H43ClF3N5O5. The zero-order valence-electron chi connectivity index (χ0n) is 29.8. The number of alkyl halides is 3. The van der Waals surface area contributed by atoms with Crippen LogP contribution in [0.2, 0.25) is 5.02 Å². The molecule has 0 spiro atoms. The van der Waals surface area contributed by atoms with Crippen molar-refractivity contribution in [2.75, 3.05) is 27.3 Å². The Morgan fingerprint density at radius 1 is 1.00 bits per heavy atom. The number of nitrogens with zero attached hydrogens (tertiary/aromatic N) is 2. The van der Waals surface area contributed by atoms with E-state index in [0.717, 1.165) is 45.9 Å². The molecule has 4 N–H and O–H groups in total. The Bertz CT molecular complexity index is 1940. The molecule has 0 unspecified atom stereocenters. The average molecular weight is 754 g/mol. The maximum absolute atomic E-state index is 14.4. The average Bonchev–Trinajstić information content (AvgIpc) is 3.56. The summed E-state index contributed by atoms with van der Waals surface area (Å²) in [5, 5.41) is 19.3. The summed E-state index contributed by atoms with van der Waals surface area (Å²) in [6.07, 6.45) is -1.23. The number of aliphatic hydroxyl groups is 1. The highest BCUT2D eigenvalue weighted by Gasteiger charge is 2.38. The third-order valence-corrected chi connectivity index (χ3v) is 9.90. The number of aromatic nitrogens is 2. The van der Waals surface area contributed by atoms with Crippen LogP contribution >= 0.6 is 11.6 Å². The second-order valence-electron chi connectivity index (χ2n) is 13.3. The minimum absolute atomic E-state index is 0.00645. The fraction of sp³-hybridized carbons (Fsp3) is 0.410. The summed E-state index contributed by atoms with van der Waals surface area (Å²) in [5.41, 5.74) is 4.73. The molecule has 1 amide bonds. The number of ether oxygens (including phenoxy) is 3. The molecule has 3 heterocycles. The number of hydrogen-bond acceptors (Lipinski definition) is 9. The molecule has 10 nitrogen and oxygen atoms in total. The zero-order valence-corrected chi connectivity index (χ0v) is 30.5. The van der Waals surface area contributed by atoms with Crippen LogP contribution in [-0.4, -0.2) is 60.4 Å². The normalized spacial score (nSPS) is 17.6. The molecule has 2 aromatic heterocycles. The summed E-state index contributed by atoms with van der Waals surface area (Å²) in [6, 6.07) is 14.4. The summed E-state index contributed by atoms with van der Waals surface area (Å²) in [4.78, 5) is 20.3. The predicted octanol–water partition coefficient (Wildman–Crippen LogP) is 6.80. The molecule has 282 valence electrons. The number of carbonyl (C=O) groups excluding carboxylic acids is 1. The molecule has 1 fully saturated rings. The van der Waals surface area contributed by atoms with Crippen molar-refractivity contribution in [3.8, 4) is 39.9 Å². The van der Waals surface area contributed by atoms with E-state index in [1.807, 2.05) is 42.5 Å². The number of nitrogens with one attached hydrogen (secondary N) is 3. The fourth-order valence-corrected chi connectivity index (χ4v) is 7.27. The number of benzene rings is 2. The Morgan fingerprint density at radius 2 is 1.81 bits per heavy atom. The van der Waals surface area contributed by atoms with Crippen molar-refractivity contribution >= 4 is 17.5 Å². The van der Waals surface area contributed by atoms with Gasteiger partial charge in [-0.1, -0.05) is 41.9 Å². The number of amides is 1. The SMILES string of the molecule is COc1cc(-c2nccc(-c3cccc4c3CCC[C@@H]4Oc3nc(OC)c(CNC[C@@H](C)O)cc3C(F)(F)F)c2Cl)ccc1CNC[C@H]1CCC(=O)N1. The number of aliphatic hydroxyl groups excluding tert-OH is 1. The van der Waals surface area contributed by atoms with Gasteiger partial charge in [-0.15, -0.1) is 0 Å². The minimum Gasteiger partial charge on any atom is -0.496 e. The lowest BCUT2D eigenvalue weighted by Gasteiger charge is -2.29. The van der Waals surface area contributed by atoms with Gasteiger partial charge in [-0.3, -0.25) is 9.78 Å². The van der Waals surface area contributed by atoms with Gasteiger partial charge in [0.05, 0.1) is 31.0 Å². The van der Waals surface area contributed by atoms with Crippen LogP contribution in [0.15, 0.2) is 54.7 Å². The van der Waals surface area contributed by atoms with Crippen LogP contribution in [0.1, 0.15) is 66.5 Å². The van der Waals surface area contributed by atoms with Crippen molar-refractivity contribution in [1.29, 1.82) is 0 Å². The van der Waals surface area contributed by atoms with Gasteiger partial charge in [0.25, 0.3) is 0 Å². The standard InChI is InChI=1S/C39H43ClF3N5O5/c1-22(49)18-44-20-25-16-31(39(41,42)43)38(48-37(25)52-3)53-32-9-5-7-27-28(6-4-8-29(27)32)30-14-15-46-36(35(30)40)23-10-11-24(33(17-23)51-2)19-45-21-26-12-13-34(50)47-26/h4,6,8,10-11,14-17,22,26,32,44-45,49H,5,7,9,12-13,18-21H2,1-3H3,(H,47,50)/t22-,26-,32+/m1/s1. The van der Waals surface area contributed by atoms with E-state index < -0.39 is 29.8 Å². The van der Waals surface area contributed by atoms with Gasteiger partial charge >= 0.3 is 6.18 Å². The van der Waals surface area contributed by atoms with Crippen LogP contribution in [0.3, 0.4) is 0 Å². The van der Waals surface area contributed by atoms with Crippen molar-refractivity contribution < 1.29 is 37.3 Å². The van der Waals surface area contributed by atoms with Crippen molar-refractivity contribution in [3.05, 3.63) is 87.6 Å². The molecule has 53 heavy (non-hydrogen) atoms. The van der Waals surface area contributed by atoms with Crippen LogP contribution in [0.4, 0.5) is 13.2 Å². The summed E-state index contributed by atoms with van der Waals surface area (Å²) in [7, 11) is 2.95. The number of methoxy groups -OCH3 is 2. The molecule has 6 rings (SSSR count). The maximum atomic E-state index is 14.4. The van der Waals surface area contributed by atoms with Crippen molar-refractivity contribution in [2.45, 2.75) is 76.5 Å². The molecule has 2 aliphatic rings. The van der Waals surface area contributed by atoms with Crippen molar-refractivity contribution in [3.63, 3.8) is 0 Å². The van der Waals surface area contributed by atoms with Crippen molar-refractivity contribution in [2.24, 2.45) is 0 Å². The molecule has 1 aliphatic heterocycles. The molecule has 0 radical (unpaired) electrons. The van der Waals surface area contributed by atoms with Gasteiger partial charge in [-0.05, 0) is 67.5 Å². The largest absolute Gasteiger partial charge is 0.496 e.